The van der Waals surface area contributed by atoms with Crippen molar-refractivity contribution in [3.63, 3.8) is 0 Å². The predicted molar refractivity (Wildman–Crippen MR) is 91.8 cm³/mol. The summed E-state index contributed by atoms with van der Waals surface area (Å²) in [7, 11) is 0. The second kappa shape index (κ2) is 9.10. The Hall–Kier alpha value is -2.01. The van der Waals surface area contributed by atoms with Crippen molar-refractivity contribution in [1.29, 1.82) is 0 Å². The average molecular weight is 298 g/mol. The van der Waals surface area contributed by atoms with Crippen molar-refractivity contribution in [2.75, 3.05) is 0 Å². The van der Waals surface area contributed by atoms with Gasteiger partial charge in [0.05, 0.1) is 5.57 Å². The van der Waals surface area contributed by atoms with E-state index in [0.29, 0.717) is 24.5 Å². The fourth-order valence-corrected chi connectivity index (χ4v) is 2.11. The molecule has 2 nitrogen and oxygen atoms in total. The van der Waals surface area contributed by atoms with E-state index >= 15 is 0 Å². The summed E-state index contributed by atoms with van der Waals surface area (Å²) in [5.74, 6) is 7.22. The Kier molecular flexibility index (Phi) is 7.46. The third-order valence-corrected chi connectivity index (χ3v) is 3.00. The maximum absolute atomic E-state index is 12.1. The predicted octanol–water partition coefficient (Wildman–Crippen LogP) is 5.06. The maximum atomic E-state index is 12.1. The van der Waals surface area contributed by atoms with Crippen LogP contribution in [0.2, 0.25) is 0 Å². The van der Waals surface area contributed by atoms with E-state index in [1.807, 2.05) is 44.2 Å². The summed E-state index contributed by atoms with van der Waals surface area (Å²) in [6, 6.07) is 9.89. The molecule has 0 unspecified atom stereocenters. The highest BCUT2D eigenvalue weighted by molar-refractivity contribution is 5.82. The Morgan fingerprint density at radius 3 is 2.14 bits per heavy atom. The molecule has 0 aliphatic carbocycles. The zero-order valence-corrected chi connectivity index (χ0v) is 14.3. The van der Waals surface area contributed by atoms with Crippen LogP contribution in [-0.2, 0) is 9.53 Å². The van der Waals surface area contributed by atoms with E-state index in [1.54, 1.807) is 6.92 Å². The van der Waals surface area contributed by atoms with Crippen molar-refractivity contribution in [3.05, 3.63) is 41.7 Å². The molecule has 0 aliphatic heterocycles. The second-order valence-electron chi connectivity index (χ2n) is 6.21. The molecule has 0 radical (unpaired) electrons. The molecule has 0 saturated heterocycles. The van der Waals surface area contributed by atoms with E-state index < -0.39 is 0 Å². The number of hydrogen-bond acceptors (Lipinski definition) is 2. The van der Waals surface area contributed by atoms with Crippen LogP contribution in [0, 0.1) is 23.7 Å². The number of benzene rings is 1. The third kappa shape index (κ3) is 6.18. The van der Waals surface area contributed by atoms with Gasteiger partial charge in [-0.1, -0.05) is 63.9 Å². The summed E-state index contributed by atoms with van der Waals surface area (Å²) in [5.41, 5.74) is 1.80. The van der Waals surface area contributed by atoms with E-state index in [1.165, 1.54) is 0 Å². The molecule has 0 bridgehead atoms. The van der Waals surface area contributed by atoms with Crippen molar-refractivity contribution in [1.82, 2.24) is 0 Å². The van der Waals surface area contributed by atoms with Gasteiger partial charge < -0.3 is 4.74 Å². The Morgan fingerprint density at radius 1 is 1.05 bits per heavy atom. The molecule has 22 heavy (non-hydrogen) atoms. The molecule has 0 aromatic heterocycles. The van der Waals surface area contributed by atoms with Gasteiger partial charge in [-0.15, -0.1) is 5.92 Å². The SMILES string of the molecule is CC#C/C(=C(\CC(C)C)OC(=O)CC(C)C)c1ccccc1. The Balaban J connectivity index is 3.22. The van der Waals surface area contributed by atoms with Crippen molar-refractivity contribution >= 4 is 11.5 Å². The molecule has 0 amide bonds. The molecule has 0 spiro atoms. The van der Waals surface area contributed by atoms with Crippen LogP contribution in [0.25, 0.3) is 5.57 Å². The first-order valence-corrected chi connectivity index (χ1v) is 7.86. The molecule has 2 heteroatoms. The van der Waals surface area contributed by atoms with E-state index in [0.717, 1.165) is 11.1 Å². The fourth-order valence-electron chi connectivity index (χ4n) is 2.11. The smallest absolute Gasteiger partial charge is 0.311 e. The lowest BCUT2D eigenvalue weighted by Crippen LogP contribution is -2.10. The molecule has 0 aliphatic rings. The van der Waals surface area contributed by atoms with Crippen LogP contribution >= 0.6 is 0 Å². The highest BCUT2D eigenvalue weighted by Gasteiger charge is 2.16. The number of esters is 1. The molecule has 1 aromatic rings. The topological polar surface area (TPSA) is 26.3 Å². The minimum Gasteiger partial charge on any atom is -0.430 e. The lowest BCUT2D eigenvalue weighted by atomic mass is 10.00. The summed E-state index contributed by atoms with van der Waals surface area (Å²) in [6.45, 7) is 10.0. The minimum absolute atomic E-state index is 0.183. The van der Waals surface area contributed by atoms with E-state index in [2.05, 4.69) is 25.7 Å². The monoisotopic (exact) mass is 298 g/mol. The molecular formula is C20H26O2. The molecular weight excluding hydrogens is 272 g/mol. The number of ether oxygens (including phenoxy) is 1. The van der Waals surface area contributed by atoms with Crippen LogP contribution in [0.1, 0.15) is 53.0 Å². The molecule has 118 valence electrons. The van der Waals surface area contributed by atoms with E-state index in [9.17, 15) is 4.79 Å². The fraction of sp³-hybridized carbons (Fsp3) is 0.450. The van der Waals surface area contributed by atoms with Gasteiger partial charge in [0.2, 0.25) is 0 Å². The largest absolute Gasteiger partial charge is 0.430 e. The van der Waals surface area contributed by atoms with Gasteiger partial charge in [-0.25, -0.2) is 0 Å². The maximum Gasteiger partial charge on any atom is 0.311 e. The van der Waals surface area contributed by atoms with Gasteiger partial charge in [0.15, 0.2) is 0 Å². The van der Waals surface area contributed by atoms with Crippen molar-refractivity contribution in [2.45, 2.75) is 47.5 Å². The molecule has 1 aromatic carbocycles. The number of hydrogen-bond donors (Lipinski definition) is 0. The normalized spacial score (nSPS) is 11.8. The average Bonchev–Trinajstić information content (AvgIpc) is 2.43. The number of carbonyl (C=O) groups is 1. The lowest BCUT2D eigenvalue weighted by Gasteiger charge is -2.15. The number of rotatable bonds is 6. The van der Waals surface area contributed by atoms with E-state index in [4.69, 9.17) is 4.74 Å². The van der Waals surface area contributed by atoms with Crippen molar-refractivity contribution in [3.8, 4) is 11.8 Å². The zero-order chi connectivity index (χ0) is 16.5. The molecule has 0 N–H and O–H groups in total. The van der Waals surface area contributed by atoms with Crippen LogP contribution in [0.4, 0.5) is 0 Å². The quantitative estimate of drug-likeness (QED) is 0.417. The van der Waals surface area contributed by atoms with Crippen LogP contribution in [0.5, 0.6) is 0 Å². The van der Waals surface area contributed by atoms with Crippen LogP contribution < -0.4 is 0 Å². The van der Waals surface area contributed by atoms with Crippen molar-refractivity contribution < 1.29 is 9.53 Å². The summed E-state index contributed by atoms with van der Waals surface area (Å²) in [5, 5.41) is 0. The van der Waals surface area contributed by atoms with Gasteiger partial charge >= 0.3 is 5.97 Å². The molecule has 0 saturated carbocycles. The number of carbonyl (C=O) groups excluding carboxylic acids is 1. The second-order valence-corrected chi connectivity index (χ2v) is 6.21. The van der Waals surface area contributed by atoms with Crippen LogP contribution in [0.15, 0.2) is 36.1 Å². The summed E-state index contributed by atoms with van der Waals surface area (Å²) >= 11 is 0. The summed E-state index contributed by atoms with van der Waals surface area (Å²) < 4.78 is 5.68. The van der Waals surface area contributed by atoms with Gasteiger partial charge in [-0.2, -0.15) is 0 Å². The zero-order valence-electron chi connectivity index (χ0n) is 14.3. The molecule has 0 heterocycles. The Labute approximate surface area is 134 Å². The molecule has 0 atom stereocenters. The van der Waals surface area contributed by atoms with Gasteiger partial charge in [0, 0.05) is 12.8 Å². The minimum atomic E-state index is -0.183. The van der Waals surface area contributed by atoms with Crippen LogP contribution in [0.3, 0.4) is 0 Å². The van der Waals surface area contributed by atoms with Crippen molar-refractivity contribution in [2.24, 2.45) is 11.8 Å². The standard InChI is InChI=1S/C20H26O2/c1-6-10-18(17-11-8-7-9-12-17)19(13-15(2)3)22-20(21)14-16(4)5/h7-9,11-12,15-16H,13-14H2,1-5H3/b19-18-. The van der Waals surface area contributed by atoms with Gasteiger partial charge in [0.25, 0.3) is 0 Å². The Morgan fingerprint density at radius 2 is 1.64 bits per heavy atom. The first-order valence-electron chi connectivity index (χ1n) is 7.86. The lowest BCUT2D eigenvalue weighted by molar-refractivity contribution is -0.140. The summed E-state index contributed by atoms with van der Waals surface area (Å²) in [6.07, 6.45) is 1.12. The van der Waals surface area contributed by atoms with E-state index in [-0.39, 0.29) is 11.9 Å². The van der Waals surface area contributed by atoms with Crippen LogP contribution in [-0.4, -0.2) is 5.97 Å². The third-order valence-electron chi connectivity index (χ3n) is 3.00. The molecule has 1 rings (SSSR count). The van der Waals surface area contributed by atoms with Gasteiger partial charge in [0.1, 0.15) is 5.76 Å². The number of allylic oxidation sites excluding steroid dienone is 2. The summed E-state index contributed by atoms with van der Waals surface area (Å²) in [4.78, 5) is 12.1. The highest BCUT2D eigenvalue weighted by atomic mass is 16.5. The first kappa shape index (κ1) is 18.0. The highest BCUT2D eigenvalue weighted by Crippen LogP contribution is 2.25. The Bertz CT molecular complexity index is 569. The van der Waals surface area contributed by atoms with Gasteiger partial charge in [-0.3, -0.25) is 4.79 Å². The molecule has 0 fully saturated rings. The first-order chi connectivity index (χ1) is 10.4. The van der Waals surface area contributed by atoms with Gasteiger partial charge in [-0.05, 0) is 24.3 Å².